The summed E-state index contributed by atoms with van der Waals surface area (Å²) in [5.41, 5.74) is 0. The van der Waals surface area contributed by atoms with Crippen LogP contribution >= 0.6 is 0 Å². The Morgan fingerprint density at radius 3 is 3.00 bits per heavy atom. The van der Waals surface area contributed by atoms with E-state index in [1.165, 1.54) is 0 Å². The van der Waals surface area contributed by atoms with Gasteiger partial charge in [0.05, 0.1) is 12.8 Å². The molecule has 0 saturated heterocycles. The van der Waals surface area contributed by atoms with Crippen molar-refractivity contribution in [2.75, 3.05) is 13.6 Å². The highest BCUT2D eigenvalue weighted by Crippen LogP contribution is 1.98. The van der Waals surface area contributed by atoms with E-state index in [9.17, 15) is 4.79 Å². The fraction of sp³-hybridized carbons (Fsp3) is 0.444. The smallest absolute Gasteiger partial charge is 0.317 e. The summed E-state index contributed by atoms with van der Waals surface area (Å²) in [6.45, 7) is 3.06. The third-order valence-electron chi connectivity index (χ3n) is 1.81. The van der Waals surface area contributed by atoms with Gasteiger partial charge in [-0.2, -0.15) is 0 Å². The third-order valence-corrected chi connectivity index (χ3v) is 1.81. The number of nitrogens with zero attached hydrogens (tertiary/aromatic N) is 1. The quantitative estimate of drug-likeness (QED) is 0.768. The summed E-state index contributed by atoms with van der Waals surface area (Å²) in [6.07, 6.45) is 1.59. The molecule has 0 bridgehead atoms. The van der Waals surface area contributed by atoms with Gasteiger partial charge in [0.25, 0.3) is 0 Å². The molecule has 0 unspecified atom stereocenters. The van der Waals surface area contributed by atoms with Crippen molar-refractivity contribution in [1.82, 2.24) is 10.2 Å². The fourth-order valence-electron chi connectivity index (χ4n) is 0.854. The number of amides is 2. The highest BCUT2D eigenvalue weighted by atomic mass is 16.3. The van der Waals surface area contributed by atoms with Gasteiger partial charge in [0.15, 0.2) is 0 Å². The summed E-state index contributed by atoms with van der Waals surface area (Å²) >= 11 is 0. The topological polar surface area (TPSA) is 45.5 Å². The zero-order valence-electron chi connectivity index (χ0n) is 7.91. The normalized spacial score (nSPS) is 9.69. The van der Waals surface area contributed by atoms with Crippen LogP contribution in [0, 0.1) is 0 Å². The molecule has 1 aromatic heterocycles. The Morgan fingerprint density at radius 1 is 1.69 bits per heavy atom. The third kappa shape index (κ3) is 2.82. The Hall–Kier alpha value is -1.45. The molecule has 72 valence electrons. The SMILES string of the molecule is CCN(C)C(=O)NCc1ccco1. The van der Waals surface area contributed by atoms with Crippen LogP contribution in [0.15, 0.2) is 22.8 Å². The molecule has 0 fully saturated rings. The average molecular weight is 182 g/mol. The van der Waals surface area contributed by atoms with Crippen LogP contribution in [0.25, 0.3) is 0 Å². The summed E-state index contributed by atoms with van der Waals surface area (Å²) in [4.78, 5) is 12.8. The van der Waals surface area contributed by atoms with Gasteiger partial charge in [0.2, 0.25) is 0 Å². The molecule has 4 nitrogen and oxygen atoms in total. The molecule has 4 heteroatoms. The number of urea groups is 1. The lowest BCUT2D eigenvalue weighted by Crippen LogP contribution is -2.36. The van der Waals surface area contributed by atoms with Crippen molar-refractivity contribution in [2.24, 2.45) is 0 Å². The van der Waals surface area contributed by atoms with Gasteiger partial charge in [-0.05, 0) is 19.1 Å². The molecule has 0 saturated carbocycles. The fourth-order valence-corrected chi connectivity index (χ4v) is 0.854. The van der Waals surface area contributed by atoms with Crippen molar-refractivity contribution >= 4 is 6.03 Å². The average Bonchev–Trinajstić information content (AvgIpc) is 2.65. The van der Waals surface area contributed by atoms with E-state index in [0.29, 0.717) is 13.1 Å². The summed E-state index contributed by atoms with van der Waals surface area (Å²) in [5, 5.41) is 2.73. The van der Waals surface area contributed by atoms with Gasteiger partial charge in [0.1, 0.15) is 5.76 Å². The van der Waals surface area contributed by atoms with Crippen LogP contribution in [0.4, 0.5) is 4.79 Å². The molecular weight excluding hydrogens is 168 g/mol. The van der Waals surface area contributed by atoms with Crippen molar-refractivity contribution in [3.63, 3.8) is 0 Å². The van der Waals surface area contributed by atoms with E-state index in [4.69, 9.17) is 4.42 Å². The minimum atomic E-state index is -0.0844. The van der Waals surface area contributed by atoms with E-state index in [2.05, 4.69) is 5.32 Å². The maximum Gasteiger partial charge on any atom is 0.317 e. The van der Waals surface area contributed by atoms with Crippen LogP contribution in [-0.2, 0) is 6.54 Å². The van der Waals surface area contributed by atoms with Crippen LogP contribution < -0.4 is 5.32 Å². The molecule has 1 rings (SSSR count). The first kappa shape index (κ1) is 9.64. The number of nitrogens with one attached hydrogen (secondary N) is 1. The maximum absolute atomic E-state index is 11.2. The lowest BCUT2D eigenvalue weighted by atomic mass is 10.4. The second-order valence-electron chi connectivity index (χ2n) is 2.75. The molecule has 0 atom stereocenters. The minimum Gasteiger partial charge on any atom is -0.467 e. The number of hydrogen-bond donors (Lipinski definition) is 1. The predicted octanol–water partition coefficient (Wildman–Crippen LogP) is 1.44. The molecule has 2 amide bonds. The van der Waals surface area contributed by atoms with E-state index >= 15 is 0 Å². The summed E-state index contributed by atoms with van der Waals surface area (Å²) < 4.78 is 5.06. The first-order valence-electron chi connectivity index (χ1n) is 4.25. The molecule has 1 N–H and O–H groups in total. The number of hydrogen-bond acceptors (Lipinski definition) is 2. The van der Waals surface area contributed by atoms with Crippen molar-refractivity contribution < 1.29 is 9.21 Å². The second kappa shape index (κ2) is 4.54. The van der Waals surface area contributed by atoms with Gasteiger partial charge in [-0.1, -0.05) is 0 Å². The highest BCUT2D eigenvalue weighted by molar-refractivity contribution is 5.73. The Balaban J connectivity index is 2.31. The first-order valence-corrected chi connectivity index (χ1v) is 4.25. The molecule has 1 heterocycles. The molecule has 0 aliphatic heterocycles. The Morgan fingerprint density at radius 2 is 2.46 bits per heavy atom. The van der Waals surface area contributed by atoms with Crippen LogP contribution in [0.3, 0.4) is 0 Å². The van der Waals surface area contributed by atoms with E-state index < -0.39 is 0 Å². The lowest BCUT2D eigenvalue weighted by Gasteiger charge is -2.14. The van der Waals surface area contributed by atoms with Crippen LogP contribution in [0.5, 0.6) is 0 Å². The zero-order valence-corrected chi connectivity index (χ0v) is 7.91. The second-order valence-corrected chi connectivity index (χ2v) is 2.75. The van der Waals surface area contributed by atoms with Gasteiger partial charge in [-0.15, -0.1) is 0 Å². The van der Waals surface area contributed by atoms with Crippen molar-refractivity contribution in [3.05, 3.63) is 24.2 Å². The van der Waals surface area contributed by atoms with Gasteiger partial charge < -0.3 is 14.6 Å². The number of carbonyl (C=O) groups excluding carboxylic acids is 1. The van der Waals surface area contributed by atoms with Gasteiger partial charge in [-0.25, -0.2) is 4.79 Å². The molecule has 0 radical (unpaired) electrons. The summed E-state index contributed by atoms with van der Waals surface area (Å²) in [5.74, 6) is 0.762. The molecule has 13 heavy (non-hydrogen) atoms. The van der Waals surface area contributed by atoms with Gasteiger partial charge >= 0.3 is 6.03 Å². The monoisotopic (exact) mass is 182 g/mol. The lowest BCUT2D eigenvalue weighted by molar-refractivity contribution is 0.209. The number of furan rings is 1. The van der Waals surface area contributed by atoms with Crippen LogP contribution in [0.1, 0.15) is 12.7 Å². The standard InChI is InChI=1S/C9H14N2O2/c1-3-11(2)9(12)10-7-8-5-4-6-13-8/h4-6H,3,7H2,1-2H3,(H,10,12). The van der Waals surface area contributed by atoms with Crippen LogP contribution in [-0.4, -0.2) is 24.5 Å². The largest absolute Gasteiger partial charge is 0.467 e. The zero-order chi connectivity index (χ0) is 9.68. The first-order chi connectivity index (χ1) is 6.24. The number of rotatable bonds is 3. The van der Waals surface area contributed by atoms with Gasteiger partial charge in [0, 0.05) is 13.6 Å². The highest BCUT2D eigenvalue weighted by Gasteiger charge is 2.05. The van der Waals surface area contributed by atoms with Crippen molar-refractivity contribution in [1.29, 1.82) is 0 Å². The van der Waals surface area contributed by atoms with Gasteiger partial charge in [-0.3, -0.25) is 0 Å². The van der Waals surface area contributed by atoms with E-state index in [1.807, 2.05) is 13.0 Å². The Kier molecular flexibility index (Phi) is 3.37. The predicted molar refractivity (Wildman–Crippen MR) is 49.2 cm³/mol. The number of carbonyl (C=O) groups is 1. The van der Waals surface area contributed by atoms with Crippen molar-refractivity contribution in [2.45, 2.75) is 13.5 Å². The molecule has 0 aromatic carbocycles. The molecule has 1 aromatic rings. The molecule has 0 spiro atoms. The van der Waals surface area contributed by atoms with E-state index in [1.54, 1.807) is 24.3 Å². The van der Waals surface area contributed by atoms with Crippen molar-refractivity contribution in [3.8, 4) is 0 Å². The summed E-state index contributed by atoms with van der Waals surface area (Å²) in [7, 11) is 1.75. The molecule has 0 aliphatic carbocycles. The van der Waals surface area contributed by atoms with E-state index in [-0.39, 0.29) is 6.03 Å². The van der Waals surface area contributed by atoms with E-state index in [0.717, 1.165) is 5.76 Å². The Bertz CT molecular complexity index is 257. The Labute approximate surface area is 77.5 Å². The maximum atomic E-state index is 11.2. The molecule has 0 aliphatic rings. The minimum absolute atomic E-state index is 0.0844. The summed E-state index contributed by atoms with van der Waals surface area (Å²) in [6, 6.07) is 3.54. The molecular formula is C9H14N2O2. The van der Waals surface area contributed by atoms with Crippen LogP contribution in [0.2, 0.25) is 0 Å².